The summed E-state index contributed by atoms with van der Waals surface area (Å²) in [6.07, 6.45) is 0. The summed E-state index contributed by atoms with van der Waals surface area (Å²) < 4.78 is 1.68. The average molecular weight is 395 g/mol. The Kier molecular flexibility index (Phi) is 5.33. The molecular formula is C19H24Cl2N4O. The molecule has 5 nitrogen and oxygen atoms in total. The van der Waals surface area contributed by atoms with Gasteiger partial charge in [0.2, 0.25) is 0 Å². The third kappa shape index (κ3) is 2.92. The van der Waals surface area contributed by atoms with Crippen LogP contribution in [0.1, 0.15) is 33.4 Å². The third-order valence-corrected chi connectivity index (χ3v) is 6.25. The summed E-state index contributed by atoms with van der Waals surface area (Å²) in [6.45, 7) is 6.66. The fraction of sp³-hybridized carbons (Fsp3) is 0.474. The fourth-order valence-corrected chi connectivity index (χ4v) is 4.54. The number of hydrogen-bond donors (Lipinski definition) is 1. The number of hydrogen-bond acceptors (Lipinski definition) is 3. The largest absolute Gasteiger partial charge is 0.329 e. The topological polar surface area (TPSA) is 50.2 Å². The van der Waals surface area contributed by atoms with Gasteiger partial charge in [-0.05, 0) is 30.9 Å². The van der Waals surface area contributed by atoms with Gasteiger partial charge in [-0.25, -0.2) is 0 Å². The minimum absolute atomic E-state index is 0. The highest BCUT2D eigenvalue weighted by atomic mass is 35.5. The van der Waals surface area contributed by atoms with E-state index in [0.717, 1.165) is 25.3 Å². The molecule has 0 radical (unpaired) electrons. The number of nitrogens with zero attached hydrogens (tertiary/aromatic N) is 3. The van der Waals surface area contributed by atoms with Crippen LogP contribution in [-0.4, -0.2) is 40.2 Å². The first-order valence-electron chi connectivity index (χ1n) is 8.75. The lowest BCUT2D eigenvalue weighted by atomic mass is 9.87. The van der Waals surface area contributed by atoms with Crippen LogP contribution in [0.3, 0.4) is 0 Å². The maximum atomic E-state index is 13.3. The lowest BCUT2D eigenvalue weighted by Gasteiger charge is -2.29. The number of nitrogens with one attached hydrogen (secondary N) is 1. The summed E-state index contributed by atoms with van der Waals surface area (Å²) >= 11 is 6.39. The van der Waals surface area contributed by atoms with Crippen molar-refractivity contribution in [3.05, 3.63) is 51.8 Å². The summed E-state index contributed by atoms with van der Waals surface area (Å²) in [4.78, 5) is 15.3. The van der Waals surface area contributed by atoms with E-state index in [-0.39, 0.29) is 24.4 Å². The zero-order valence-electron chi connectivity index (χ0n) is 15.2. The van der Waals surface area contributed by atoms with Gasteiger partial charge in [0.05, 0.1) is 16.8 Å². The van der Waals surface area contributed by atoms with Crippen molar-refractivity contribution in [1.29, 1.82) is 0 Å². The van der Waals surface area contributed by atoms with E-state index in [9.17, 15) is 4.79 Å². The van der Waals surface area contributed by atoms with Crippen molar-refractivity contribution in [2.45, 2.75) is 19.9 Å². The van der Waals surface area contributed by atoms with Crippen LogP contribution >= 0.6 is 24.0 Å². The minimum atomic E-state index is -0.0589. The zero-order valence-corrected chi connectivity index (χ0v) is 16.8. The average Bonchev–Trinajstić information content (AvgIpc) is 3.25. The Hall–Kier alpha value is -1.56. The van der Waals surface area contributed by atoms with E-state index < -0.39 is 0 Å². The number of benzene rings is 1. The van der Waals surface area contributed by atoms with Gasteiger partial charge < -0.3 is 10.2 Å². The maximum Gasteiger partial charge on any atom is 0.276 e. The Bertz CT molecular complexity index is 835. The van der Waals surface area contributed by atoms with Gasteiger partial charge in [-0.2, -0.15) is 5.10 Å². The smallest absolute Gasteiger partial charge is 0.276 e. The van der Waals surface area contributed by atoms with Gasteiger partial charge in [0.25, 0.3) is 5.91 Å². The molecule has 140 valence electrons. The van der Waals surface area contributed by atoms with E-state index >= 15 is 0 Å². The molecule has 7 heteroatoms. The number of likely N-dealkylation sites (tertiary alicyclic amines) is 1. The van der Waals surface area contributed by atoms with E-state index in [2.05, 4.69) is 35.5 Å². The minimum Gasteiger partial charge on any atom is -0.329 e. The Morgan fingerprint density at radius 2 is 2.00 bits per heavy atom. The quantitative estimate of drug-likeness (QED) is 0.850. The van der Waals surface area contributed by atoms with Gasteiger partial charge in [0.1, 0.15) is 0 Å². The van der Waals surface area contributed by atoms with E-state index in [4.69, 9.17) is 11.6 Å². The Morgan fingerprint density at radius 1 is 1.27 bits per heavy atom. The second-order valence-electron chi connectivity index (χ2n) is 7.21. The fourth-order valence-electron chi connectivity index (χ4n) is 4.30. The first-order valence-corrected chi connectivity index (χ1v) is 9.13. The third-order valence-electron chi connectivity index (χ3n) is 5.80. The number of halogens is 2. The molecule has 2 saturated heterocycles. The highest BCUT2D eigenvalue weighted by Gasteiger charge is 2.48. The normalized spacial score (nSPS) is 24.5. The molecule has 0 saturated carbocycles. The SMILES string of the molecule is Cc1ccccc1[C@@H]1[C@H]2CNC[C@H]2CN1C(=O)c1nn(C)c(C)c1Cl.Cl. The van der Waals surface area contributed by atoms with Crippen molar-refractivity contribution in [1.82, 2.24) is 20.0 Å². The van der Waals surface area contributed by atoms with Crippen molar-refractivity contribution in [3.63, 3.8) is 0 Å². The van der Waals surface area contributed by atoms with E-state index in [1.54, 1.807) is 4.68 Å². The van der Waals surface area contributed by atoms with Crippen molar-refractivity contribution >= 4 is 29.9 Å². The molecule has 2 fully saturated rings. The highest BCUT2D eigenvalue weighted by Crippen LogP contribution is 2.44. The van der Waals surface area contributed by atoms with Crippen molar-refractivity contribution in [2.24, 2.45) is 18.9 Å². The standard InChI is InChI=1S/C19H23ClN4O.ClH/c1-11-6-4-5-7-14(11)18-15-9-21-8-13(15)10-24(18)19(25)17-16(20)12(2)23(3)22-17;/h4-7,13,15,18,21H,8-10H2,1-3H3;1H/t13-,15-,18+;/m0./s1. The molecule has 1 aromatic carbocycles. The summed E-state index contributed by atoms with van der Waals surface area (Å²) in [7, 11) is 1.82. The van der Waals surface area contributed by atoms with Gasteiger partial charge in [-0.1, -0.05) is 35.9 Å². The van der Waals surface area contributed by atoms with Gasteiger partial charge in [0.15, 0.2) is 5.69 Å². The van der Waals surface area contributed by atoms with Crippen LogP contribution in [-0.2, 0) is 7.05 Å². The number of fused-ring (bicyclic) bond motifs is 1. The predicted molar refractivity (Wildman–Crippen MR) is 105 cm³/mol. The molecular weight excluding hydrogens is 371 g/mol. The van der Waals surface area contributed by atoms with Crippen LogP contribution in [0, 0.1) is 25.7 Å². The molecule has 2 aromatic rings. The molecule has 1 aromatic heterocycles. The molecule has 0 aliphatic carbocycles. The summed E-state index contributed by atoms with van der Waals surface area (Å²) in [5, 5.41) is 8.32. The molecule has 1 N–H and O–H groups in total. The number of aryl methyl sites for hydroxylation is 2. The van der Waals surface area contributed by atoms with E-state index in [1.165, 1.54) is 11.1 Å². The maximum absolute atomic E-state index is 13.3. The lowest BCUT2D eigenvalue weighted by molar-refractivity contribution is 0.0707. The lowest BCUT2D eigenvalue weighted by Crippen LogP contribution is -2.35. The number of carbonyl (C=O) groups excluding carboxylic acids is 1. The summed E-state index contributed by atoms with van der Waals surface area (Å²) in [6, 6.07) is 8.44. The molecule has 0 unspecified atom stereocenters. The van der Waals surface area contributed by atoms with Crippen molar-refractivity contribution < 1.29 is 4.79 Å². The number of carbonyl (C=O) groups is 1. The monoisotopic (exact) mass is 394 g/mol. The second-order valence-corrected chi connectivity index (χ2v) is 7.59. The first kappa shape index (κ1) is 19.2. The number of amides is 1. The molecule has 1 amide bonds. The number of aromatic nitrogens is 2. The Morgan fingerprint density at radius 3 is 2.65 bits per heavy atom. The predicted octanol–water partition coefficient (Wildman–Crippen LogP) is 3.14. The van der Waals surface area contributed by atoms with Crippen LogP contribution in [0.5, 0.6) is 0 Å². The molecule has 0 bridgehead atoms. The highest BCUT2D eigenvalue weighted by molar-refractivity contribution is 6.34. The summed E-state index contributed by atoms with van der Waals surface area (Å²) in [5.41, 5.74) is 3.64. The molecule has 26 heavy (non-hydrogen) atoms. The molecule has 3 heterocycles. The molecule has 3 atom stereocenters. The number of rotatable bonds is 2. The van der Waals surface area contributed by atoms with E-state index in [1.807, 2.05) is 24.9 Å². The van der Waals surface area contributed by atoms with Crippen molar-refractivity contribution in [2.75, 3.05) is 19.6 Å². The summed E-state index contributed by atoms with van der Waals surface area (Å²) in [5.74, 6) is 0.863. The van der Waals surface area contributed by atoms with Gasteiger partial charge >= 0.3 is 0 Å². The zero-order chi connectivity index (χ0) is 17.7. The van der Waals surface area contributed by atoms with Gasteiger partial charge in [0, 0.05) is 32.6 Å². The van der Waals surface area contributed by atoms with Crippen LogP contribution < -0.4 is 5.32 Å². The molecule has 2 aliphatic heterocycles. The molecule has 4 rings (SSSR count). The van der Waals surface area contributed by atoms with Gasteiger partial charge in [-0.15, -0.1) is 12.4 Å². The van der Waals surface area contributed by atoms with Crippen LogP contribution in [0.4, 0.5) is 0 Å². The Balaban J connectivity index is 0.00000196. The first-order chi connectivity index (χ1) is 12.0. The van der Waals surface area contributed by atoms with E-state index in [0.29, 0.717) is 22.6 Å². The molecule has 0 spiro atoms. The van der Waals surface area contributed by atoms with Gasteiger partial charge in [-0.3, -0.25) is 9.48 Å². The molecule has 2 aliphatic rings. The van der Waals surface area contributed by atoms with Crippen LogP contribution in [0.15, 0.2) is 24.3 Å². The van der Waals surface area contributed by atoms with Crippen LogP contribution in [0.25, 0.3) is 0 Å². The van der Waals surface area contributed by atoms with Crippen molar-refractivity contribution in [3.8, 4) is 0 Å². The Labute approximate surface area is 165 Å². The van der Waals surface area contributed by atoms with Crippen LogP contribution in [0.2, 0.25) is 5.02 Å². The second kappa shape index (κ2) is 7.22.